The van der Waals surface area contributed by atoms with Crippen LogP contribution in [0.5, 0.6) is 0 Å². The minimum absolute atomic E-state index is 0.769. The third-order valence-corrected chi connectivity index (χ3v) is 2.40. The van der Waals surface area contributed by atoms with Crippen LogP contribution in [0.15, 0.2) is 6.20 Å². The van der Waals surface area contributed by atoms with Crippen molar-refractivity contribution < 1.29 is 0 Å². The first-order valence-electron chi connectivity index (χ1n) is 2.49. The van der Waals surface area contributed by atoms with Gasteiger partial charge in [-0.3, -0.25) is 0 Å². The summed E-state index contributed by atoms with van der Waals surface area (Å²) in [7, 11) is 0. The lowest BCUT2D eigenvalue weighted by atomic mass is 10.5. The van der Waals surface area contributed by atoms with Crippen molar-refractivity contribution >= 4 is 38.9 Å². The highest BCUT2D eigenvalue weighted by Gasteiger charge is 1.96. The summed E-state index contributed by atoms with van der Waals surface area (Å²) in [6.07, 6.45) is 2.65. The normalized spacial score (nSPS) is 10.0. The van der Waals surface area contributed by atoms with Crippen LogP contribution in [0.25, 0.3) is 0 Å². The van der Waals surface area contributed by atoms with Crippen LogP contribution < -0.4 is 0 Å². The third-order valence-electron chi connectivity index (χ3n) is 0.834. The van der Waals surface area contributed by atoms with E-state index in [2.05, 4.69) is 20.9 Å². The summed E-state index contributed by atoms with van der Waals surface area (Å²) >= 11 is 10.5. The van der Waals surface area contributed by atoms with Crippen molar-refractivity contribution in [2.75, 3.05) is 5.33 Å². The van der Waals surface area contributed by atoms with Crippen LogP contribution in [0.3, 0.4) is 0 Å². The van der Waals surface area contributed by atoms with Gasteiger partial charge in [-0.15, -0.1) is 11.3 Å². The zero-order chi connectivity index (χ0) is 6.69. The topological polar surface area (TPSA) is 12.9 Å². The summed E-state index contributed by atoms with van der Waals surface area (Å²) in [6.45, 7) is 0. The van der Waals surface area contributed by atoms with E-state index in [1.54, 1.807) is 6.20 Å². The quantitative estimate of drug-likeness (QED) is 0.707. The highest BCUT2D eigenvalue weighted by molar-refractivity contribution is 9.09. The van der Waals surface area contributed by atoms with Crippen LogP contribution in [0.4, 0.5) is 0 Å². The zero-order valence-corrected chi connectivity index (χ0v) is 7.76. The van der Waals surface area contributed by atoms with Gasteiger partial charge in [-0.1, -0.05) is 27.5 Å². The molecule has 9 heavy (non-hydrogen) atoms. The van der Waals surface area contributed by atoms with Gasteiger partial charge in [-0.2, -0.15) is 0 Å². The minimum atomic E-state index is 0.769. The maximum Gasteiger partial charge on any atom is 0.113 e. The maximum atomic E-state index is 5.64. The van der Waals surface area contributed by atoms with E-state index < -0.39 is 0 Å². The molecule has 0 aliphatic carbocycles. The molecule has 1 aromatic rings. The van der Waals surface area contributed by atoms with Gasteiger partial charge in [0.15, 0.2) is 0 Å². The second-order valence-electron chi connectivity index (χ2n) is 1.50. The Morgan fingerprint density at radius 2 is 2.56 bits per heavy atom. The van der Waals surface area contributed by atoms with Gasteiger partial charge in [0.05, 0.1) is 11.2 Å². The van der Waals surface area contributed by atoms with Crippen molar-refractivity contribution in [1.29, 1.82) is 0 Å². The molecule has 0 radical (unpaired) electrons. The molecular weight excluding hydrogens is 221 g/mol. The van der Waals surface area contributed by atoms with Crippen molar-refractivity contribution in [1.82, 2.24) is 4.98 Å². The van der Waals surface area contributed by atoms with E-state index in [0.717, 1.165) is 21.1 Å². The molecule has 1 aromatic heterocycles. The maximum absolute atomic E-state index is 5.64. The molecule has 0 aliphatic rings. The molecule has 0 aliphatic heterocycles. The van der Waals surface area contributed by atoms with Crippen LogP contribution in [0.1, 0.15) is 5.01 Å². The fourth-order valence-electron chi connectivity index (χ4n) is 0.484. The Labute approximate surface area is 71.2 Å². The van der Waals surface area contributed by atoms with Gasteiger partial charge in [0.25, 0.3) is 0 Å². The first kappa shape index (κ1) is 7.51. The number of aromatic nitrogens is 1. The molecule has 0 saturated heterocycles. The van der Waals surface area contributed by atoms with Gasteiger partial charge in [0, 0.05) is 11.8 Å². The highest BCUT2D eigenvalue weighted by Crippen LogP contribution is 2.18. The average molecular weight is 227 g/mol. The Balaban J connectivity index is 2.61. The number of alkyl halides is 1. The second-order valence-corrected chi connectivity index (χ2v) is 4.04. The Kier molecular flexibility index (Phi) is 2.95. The zero-order valence-electron chi connectivity index (χ0n) is 4.60. The monoisotopic (exact) mass is 225 g/mol. The number of aryl methyl sites for hydroxylation is 1. The molecule has 0 unspecified atom stereocenters. The lowest BCUT2D eigenvalue weighted by Gasteiger charge is -1.83. The van der Waals surface area contributed by atoms with Crippen molar-refractivity contribution in [2.45, 2.75) is 6.42 Å². The van der Waals surface area contributed by atoms with Crippen LogP contribution in [0.2, 0.25) is 4.34 Å². The van der Waals surface area contributed by atoms with Gasteiger partial charge in [-0.05, 0) is 0 Å². The smallest absolute Gasteiger partial charge is 0.113 e. The van der Waals surface area contributed by atoms with Gasteiger partial charge >= 0.3 is 0 Å². The predicted molar refractivity (Wildman–Crippen MR) is 44.6 cm³/mol. The predicted octanol–water partition coefficient (Wildman–Crippen LogP) is 2.73. The third kappa shape index (κ3) is 2.24. The number of nitrogens with zero attached hydrogens (tertiary/aromatic N) is 1. The summed E-state index contributed by atoms with van der Waals surface area (Å²) in [5, 5.41) is 2.05. The van der Waals surface area contributed by atoms with Crippen molar-refractivity contribution in [3.05, 3.63) is 15.5 Å². The Morgan fingerprint density at radius 3 is 3.00 bits per heavy atom. The largest absolute Gasteiger partial charge is 0.248 e. The molecule has 1 nitrogen and oxygen atoms in total. The molecule has 0 fully saturated rings. The molecular formula is C5H5BrClNS. The number of hydrogen-bond donors (Lipinski definition) is 0. The fourth-order valence-corrected chi connectivity index (χ4v) is 2.08. The van der Waals surface area contributed by atoms with Gasteiger partial charge in [0.2, 0.25) is 0 Å². The van der Waals surface area contributed by atoms with E-state index in [-0.39, 0.29) is 0 Å². The molecule has 0 aromatic carbocycles. The van der Waals surface area contributed by atoms with Crippen LogP contribution in [-0.2, 0) is 6.42 Å². The molecule has 4 heteroatoms. The summed E-state index contributed by atoms with van der Waals surface area (Å²) in [4.78, 5) is 4.06. The first-order chi connectivity index (χ1) is 4.33. The SMILES string of the molecule is Clc1cnc(CCBr)s1. The molecule has 50 valence electrons. The average Bonchev–Trinajstić information content (AvgIpc) is 2.17. The molecule has 0 amide bonds. The summed E-state index contributed by atoms with van der Waals surface area (Å²) in [5.41, 5.74) is 0. The van der Waals surface area contributed by atoms with E-state index in [9.17, 15) is 0 Å². The Hall–Kier alpha value is 0.400. The van der Waals surface area contributed by atoms with Crippen molar-refractivity contribution in [3.63, 3.8) is 0 Å². The lowest BCUT2D eigenvalue weighted by molar-refractivity contribution is 1.12. The van der Waals surface area contributed by atoms with Gasteiger partial charge in [-0.25, -0.2) is 4.98 Å². The standard InChI is InChI=1S/C5H5BrClNS/c6-2-1-5-8-3-4(7)9-5/h3H,1-2H2. The Morgan fingerprint density at radius 1 is 1.78 bits per heavy atom. The van der Waals surface area contributed by atoms with E-state index >= 15 is 0 Å². The van der Waals surface area contributed by atoms with Crippen LogP contribution >= 0.6 is 38.9 Å². The minimum Gasteiger partial charge on any atom is -0.248 e. The number of halogens is 2. The van der Waals surface area contributed by atoms with Crippen LogP contribution in [0, 0.1) is 0 Å². The first-order valence-corrected chi connectivity index (χ1v) is 4.80. The molecule has 0 bridgehead atoms. The van der Waals surface area contributed by atoms with E-state index in [1.807, 2.05) is 0 Å². The fraction of sp³-hybridized carbons (Fsp3) is 0.400. The molecule has 0 spiro atoms. The molecule has 0 atom stereocenters. The highest BCUT2D eigenvalue weighted by atomic mass is 79.9. The van der Waals surface area contributed by atoms with Crippen molar-refractivity contribution in [2.24, 2.45) is 0 Å². The molecule has 1 rings (SSSR count). The van der Waals surface area contributed by atoms with Crippen molar-refractivity contribution in [3.8, 4) is 0 Å². The number of thiazole rings is 1. The molecule has 0 saturated carbocycles. The van der Waals surface area contributed by atoms with E-state index in [4.69, 9.17) is 11.6 Å². The van der Waals surface area contributed by atoms with Crippen LogP contribution in [-0.4, -0.2) is 10.3 Å². The number of rotatable bonds is 2. The van der Waals surface area contributed by atoms with E-state index in [1.165, 1.54) is 11.3 Å². The van der Waals surface area contributed by atoms with Gasteiger partial charge in [0.1, 0.15) is 4.34 Å². The lowest BCUT2D eigenvalue weighted by Crippen LogP contribution is -1.80. The summed E-state index contributed by atoms with van der Waals surface area (Å²) in [5.74, 6) is 0. The molecule has 0 N–H and O–H groups in total. The summed E-state index contributed by atoms with van der Waals surface area (Å²) < 4.78 is 0.769. The molecule has 1 heterocycles. The Bertz CT molecular complexity index is 189. The number of hydrogen-bond acceptors (Lipinski definition) is 2. The second kappa shape index (κ2) is 3.54. The van der Waals surface area contributed by atoms with Gasteiger partial charge < -0.3 is 0 Å². The summed E-state index contributed by atoms with van der Waals surface area (Å²) in [6, 6.07) is 0. The van der Waals surface area contributed by atoms with E-state index in [0.29, 0.717) is 0 Å².